The summed E-state index contributed by atoms with van der Waals surface area (Å²) in [6.07, 6.45) is 1.94. The highest BCUT2D eigenvalue weighted by atomic mass is 16.5. The van der Waals surface area contributed by atoms with Gasteiger partial charge in [0.25, 0.3) is 0 Å². The Bertz CT molecular complexity index is 3200. The quantitative estimate of drug-likeness (QED) is 0.153. The molecule has 0 saturated heterocycles. The number of anilines is 3. The summed E-state index contributed by atoms with van der Waals surface area (Å²) in [5.74, 6) is 1.88. The summed E-state index contributed by atoms with van der Waals surface area (Å²) in [7, 11) is 0. The molecule has 1 aliphatic carbocycles. The molecule has 1 spiro atoms. The van der Waals surface area contributed by atoms with Crippen molar-refractivity contribution in [1.82, 2.24) is 0 Å². The lowest BCUT2D eigenvalue weighted by Gasteiger charge is -2.41. The van der Waals surface area contributed by atoms with Crippen molar-refractivity contribution >= 4 is 39.0 Å². The first-order valence-corrected chi connectivity index (χ1v) is 21.3. The van der Waals surface area contributed by atoms with E-state index in [0.717, 1.165) is 74.5 Å². The Morgan fingerprint density at radius 3 is 1.85 bits per heavy atom. The van der Waals surface area contributed by atoms with Crippen LogP contribution in [0.4, 0.5) is 17.1 Å². The lowest BCUT2D eigenvalue weighted by molar-refractivity contribution is 0.437. The number of ether oxygens (including phenoxy) is 1. The number of benzene rings is 9. The lowest BCUT2D eigenvalue weighted by atomic mass is 9.66. The van der Waals surface area contributed by atoms with E-state index in [4.69, 9.17) is 9.15 Å². The first kappa shape index (κ1) is 35.3. The molecule has 12 rings (SSSR count). The van der Waals surface area contributed by atoms with Crippen LogP contribution in [0.1, 0.15) is 51.3 Å². The summed E-state index contributed by atoms with van der Waals surface area (Å²) in [4.78, 5) is 2.36. The fourth-order valence-corrected chi connectivity index (χ4v) is 10.5. The minimum absolute atomic E-state index is 0.169. The summed E-state index contributed by atoms with van der Waals surface area (Å²) in [6, 6.07) is 78.7. The fraction of sp³-hybridized carbons (Fsp3) is 0.0690. The molecule has 9 aromatic carbocycles. The topological polar surface area (TPSA) is 25.6 Å². The predicted octanol–water partition coefficient (Wildman–Crippen LogP) is 15.3. The van der Waals surface area contributed by atoms with Gasteiger partial charge in [-0.15, -0.1) is 0 Å². The van der Waals surface area contributed by atoms with E-state index in [1.807, 2.05) is 0 Å². The van der Waals surface area contributed by atoms with Crippen molar-refractivity contribution in [1.29, 1.82) is 0 Å². The average molecular weight is 784 g/mol. The molecule has 1 atom stereocenters. The molecule has 0 radical (unpaired) electrons. The third kappa shape index (κ3) is 5.51. The van der Waals surface area contributed by atoms with E-state index < -0.39 is 5.41 Å². The first-order chi connectivity index (χ1) is 30.3. The molecule has 10 aromatic rings. The number of para-hydroxylation sites is 3. The number of aryl methyl sites for hydroxylation is 1. The number of hydrogen-bond donors (Lipinski definition) is 0. The molecule has 1 aliphatic heterocycles. The Balaban J connectivity index is 1.07. The van der Waals surface area contributed by atoms with Gasteiger partial charge in [0.2, 0.25) is 0 Å². The summed E-state index contributed by atoms with van der Waals surface area (Å²) in [5, 5.41) is 2.25. The molecule has 0 saturated carbocycles. The second kappa shape index (κ2) is 14.3. The lowest BCUT2D eigenvalue weighted by Crippen LogP contribution is -2.32. The van der Waals surface area contributed by atoms with Crippen molar-refractivity contribution in [2.24, 2.45) is 0 Å². The van der Waals surface area contributed by atoms with Crippen LogP contribution in [-0.2, 0) is 11.8 Å². The molecular weight excluding hydrogens is 743 g/mol. The van der Waals surface area contributed by atoms with E-state index in [9.17, 15) is 0 Å². The summed E-state index contributed by atoms with van der Waals surface area (Å²) < 4.78 is 13.9. The van der Waals surface area contributed by atoms with E-state index in [1.165, 1.54) is 38.9 Å². The van der Waals surface area contributed by atoms with Gasteiger partial charge in [-0.25, -0.2) is 0 Å². The van der Waals surface area contributed by atoms with E-state index in [2.05, 4.69) is 223 Å². The van der Waals surface area contributed by atoms with Crippen molar-refractivity contribution in [3.63, 3.8) is 0 Å². The van der Waals surface area contributed by atoms with Gasteiger partial charge in [0.15, 0.2) is 5.75 Å². The zero-order valence-electron chi connectivity index (χ0n) is 33.5. The second-order valence-corrected chi connectivity index (χ2v) is 16.3. The van der Waals surface area contributed by atoms with Gasteiger partial charge in [-0.3, -0.25) is 0 Å². The van der Waals surface area contributed by atoms with Crippen LogP contribution < -0.4 is 9.64 Å². The third-order valence-corrected chi connectivity index (χ3v) is 13.0. The summed E-state index contributed by atoms with van der Waals surface area (Å²) >= 11 is 0. The number of fused-ring (bicyclic) bond motifs is 12. The van der Waals surface area contributed by atoms with Crippen molar-refractivity contribution < 1.29 is 9.15 Å². The van der Waals surface area contributed by atoms with Crippen molar-refractivity contribution in [3.8, 4) is 22.6 Å². The van der Waals surface area contributed by atoms with Gasteiger partial charge in [-0.1, -0.05) is 170 Å². The van der Waals surface area contributed by atoms with Crippen molar-refractivity contribution in [2.45, 2.75) is 24.2 Å². The Kier molecular flexibility index (Phi) is 8.28. The molecule has 290 valence electrons. The highest BCUT2D eigenvalue weighted by Crippen LogP contribution is 2.64. The molecule has 0 N–H and O–H groups in total. The molecule has 2 aliphatic rings. The Morgan fingerprint density at radius 1 is 0.475 bits per heavy atom. The van der Waals surface area contributed by atoms with E-state index in [-0.39, 0.29) is 5.92 Å². The molecule has 3 heteroatoms. The minimum Gasteiger partial charge on any atom is -0.456 e. The van der Waals surface area contributed by atoms with Gasteiger partial charge < -0.3 is 14.1 Å². The maximum atomic E-state index is 7.19. The smallest absolute Gasteiger partial charge is 0.156 e. The maximum Gasteiger partial charge on any atom is 0.156 e. The van der Waals surface area contributed by atoms with Crippen molar-refractivity contribution in [2.75, 3.05) is 4.90 Å². The van der Waals surface area contributed by atoms with Gasteiger partial charge in [0.1, 0.15) is 16.9 Å². The van der Waals surface area contributed by atoms with Crippen LogP contribution in [0.5, 0.6) is 11.5 Å². The number of nitrogens with zero attached hydrogens (tertiary/aromatic N) is 1. The Labute approximate surface area is 355 Å². The highest BCUT2D eigenvalue weighted by Gasteiger charge is 2.51. The maximum absolute atomic E-state index is 7.19. The second-order valence-electron chi connectivity index (χ2n) is 16.3. The molecule has 1 unspecified atom stereocenters. The molecule has 0 amide bonds. The summed E-state index contributed by atoms with van der Waals surface area (Å²) in [6.45, 7) is 0. The molecule has 1 aromatic heterocycles. The fourth-order valence-electron chi connectivity index (χ4n) is 10.5. The molecule has 2 heterocycles. The highest BCUT2D eigenvalue weighted by molar-refractivity contribution is 6.09. The van der Waals surface area contributed by atoms with Crippen LogP contribution in [0.15, 0.2) is 223 Å². The standard InChI is InChI=1S/C58H41NO2/c1-4-18-39(19-5-1)34-36-43(40-20-6-2-7-21-40)46-26-16-33-55-56(46)47-38-42(35-37-53(47)60-55)59(41-22-8-3-9-23-41)52-31-17-30-51-57(52)61-54-32-15-14-29-50(54)58(51)48-27-12-10-24-44(48)45-25-11-13-28-49(45)58/h1-33,35,37-38,43H,34,36H2. The van der Waals surface area contributed by atoms with Crippen LogP contribution in [0.2, 0.25) is 0 Å². The molecule has 0 fully saturated rings. The third-order valence-electron chi connectivity index (χ3n) is 13.0. The number of furan rings is 1. The van der Waals surface area contributed by atoms with Crippen LogP contribution in [0.3, 0.4) is 0 Å². The van der Waals surface area contributed by atoms with Gasteiger partial charge in [0.05, 0.1) is 11.1 Å². The van der Waals surface area contributed by atoms with Gasteiger partial charge in [-0.05, 0) is 100 Å². The molecule has 0 bridgehead atoms. The van der Waals surface area contributed by atoms with E-state index >= 15 is 0 Å². The van der Waals surface area contributed by atoms with Crippen molar-refractivity contribution in [3.05, 3.63) is 257 Å². The SMILES string of the molecule is c1ccc(CCC(c2ccccc2)c2cccc3oc4ccc(N(c5ccccc5)c5cccc6c5Oc5ccccc5C65c6ccccc6-c6ccccc65)cc4c23)cc1. The van der Waals surface area contributed by atoms with Gasteiger partial charge >= 0.3 is 0 Å². The minimum atomic E-state index is -0.568. The van der Waals surface area contributed by atoms with E-state index in [0.29, 0.717) is 0 Å². The molecular formula is C58H41NO2. The molecule has 3 nitrogen and oxygen atoms in total. The Hall–Kier alpha value is -7.62. The summed E-state index contributed by atoms with van der Waals surface area (Å²) in [5.41, 5.74) is 15.5. The van der Waals surface area contributed by atoms with Gasteiger partial charge in [-0.2, -0.15) is 0 Å². The monoisotopic (exact) mass is 783 g/mol. The van der Waals surface area contributed by atoms with E-state index in [1.54, 1.807) is 0 Å². The van der Waals surface area contributed by atoms with Crippen LogP contribution in [-0.4, -0.2) is 0 Å². The van der Waals surface area contributed by atoms with Crippen LogP contribution >= 0.6 is 0 Å². The van der Waals surface area contributed by atoms with Crippen LogP contribution in [0, 0.1) is 0 Å². The number of hydrogen-bond acceptors (Lipinski definition) is 3. The zero-order chi connectivity index (χ0) is 40.3. The van der Waals surface area contributed by atoms with Crippen LogP contribution in [0.25, 0.3) is 33.1 Å². The molecule has 61 heavy (non-hydrogen) atoms. The largest absolute Gasteiger partial charge is 0.456 e. The predicted molar refractivity (Wildman–Crippen MR) is 249 cm³/mol. The number of rotatable bonds is 8. The van der Waals surface area contributed by atoms with Gasteiger partial charge in [0, 0.05) is 39.2 Å². The average Bonchev–Trinajstić information content (AvgIpc) is 3.85. The Morgan fingerprint density at radius 2 is 1.10 bits per heavy atom. The normalized spacial score (nSPS) is 13.6. The first-order valence-electron chi connectivity index (χ1n) is 21.3. The zero-order valence-corrected chi connectivity index (χ0v) is 33.5.